The van der Waals surface area contributed by atoms with Crippen LogP contribution in [0.25, 0.3) is 0 Å². The lowest BCUT2D eigenvalue weighted by Crippen LogP contribution is -2.29. The van der Waals surface area contributed by atoms with Gasteiger partial charge in [0.05, 0.1) is 0 Å². The molecule has 0 N–H and O–H groups in total. The van der Waals surface area contributed by atoms with Gasteiger partial charge >= 0.3 is 0 Å². The van der Waals surface area contributed by atoms with E-state index in [1.165, 1.54) is 44.9 Å². The third-order valence-electron chi connectivity index (χ3n) is 7.87. The van der Waals surface area contributed by atoms with Crippen molar-refractivity contribution < 1.29 is 0 Å². The van der Waals surface area contributed by atoms with E-state index < -0.39 is 0 Å². The van der Waals surface area contributed by atoms with Crippen molar-refractivity contribution >= 4 is 22.6 Å². The molecule has 26 heavy (non-hydrogen) atoms. The minimum absolute atomic E-state index is 0.233. The number of rotatable bonds is 1. The summed E-state index contributed by atoms with van der Waals surface area (Å²) < 4.78 is 0.900. The van der Waals surface area contributed by atoms with Crippen LogP contribution in [0.2, 0.25) is 0 Å². The topological polar surface area (TPSA) is 0 Å². The Morgan fingerprint density at radius 2 is 2.00 bits per heavy atom. The summed E-state index contributed by atoms with van der Waals surface area (Å²) in [6.45, 7) is 4.92. The van der Waals surface area contributed by atoms with E-state index in [9.17, 15) is 0 Å². The van der Waals surface area contributed by atoms with Crippen molar-refractivity contribution in [2.75, 3.05) is 0 Å². The van der Waals surface area contributed by atoms with Gasteiger partial charge in [0, 0.05) is 21.2 Å². The number of fused-ring (bicyclic) bond motifs is 3. The van der Waals surface area contributed by atoms with E-state index in [0.717, 1.165) is 15.8 Å². The van der Waals surface area contributed by atoms with Crippen molar-refractivity contribution in [3.63, 3.8) is 0 Å². The Balaban J connectivity index is 1.41. The maximum absolute atomic E-state index is 2.67. The van der Waals surface area contributed by atoms with Crippen LogP contribution in [0.1, 0.15) is 58.8 Å². The van der Waals surface area contributed by atoms with Crippen LogP contribution >= 0.6 is 22.6 Å². The zero-order valence-corrected chi connectivity index (χ0v) is 18.3. The molecule has 3 unspecified atom stereocenters. The highest BCUT2D eigenvalue weighted by molar-refractivity contribution is 14.1. The highest BCUT2D eigenvalue weighted by Crippen LogP contribution is 2.56. The summed E-state index contributed by atoms with van der Waals surface area (Å²) in [5, 5.41) is 0. The molecule has 5 rings (SSSR count). The van der Waals surface area contributed by atoms with Gasteiger partial charge in [-0.15, -0.1) is 0 Å². The van der Waals surface area contributed by atoms with Crippen molar-refractivity contribution in [2.45, 2.75) is 62.7 Å². The molecule has 0 nitrogen and oxygen atoms in total. The molecule has 0 aromatic carbocycles. The second-order valence-corrected chi connectivity index (χ2v) is 11.4. The highest BCUT2D eigenvalue weighted by atomic mass is 127. The second-order valence-electron chi connectivity index (χ2n) is 9.66. The number of halogens is 1. The average molecular weight is 458 g/mol. The minimum Gasteiger partial charge on any atom is -0.0845 e. The van der Waals surface area contributed by atoms with Gasteiger partial charge in [0.2, 0.25) is 0 Å². The molecule has 138 valence electrons. The van der Waals surface area contributed by atoms with Crippen molar-refractivity contribution in [3.05, 3.63) is 58.7 Å². The van der Waals surface area contributed by atoms with Gasteiger partial charge in [-0.3, -0.25) is 0 Å². The zero-order valence-electron chi connectivity index (χ0n) is 16.2. The van der Waals surface area contributed by atoms with Gasteiger partial charge in [-0.25, -0.2) is 0 Å². The summed E-state index contributed by atoms with van der Waals surface area (Å²) in [5.41, 5.74) is 6.95. The third kappa shape index (κ3) is 2.75. The molecule has 0 aromatic heterocycles. The Hall–Kier alpha value is -0.570. The molecule has 5 atom stereocenters. The third-order valence-corrected chi connectivity index (χ3v) is 9.00. The fraction of sp³-hybridized carbons (Fsp3) is 0.600. The van der Waals surface area contributed by atoms with Crippen LogP contribution in [0.5, 0.6) is 0 Å². The standard InChI is InChI=1S/C25H31I/c1-25(2)23-6-4-3-5-21(23)22-12-10-19(15-24(22)25)16-7-8-18-14-20(26)11-9-17(18)13-16/h4,6-8,10,15-18,20,22H,3,5,9,11-14H2,1-2H3/t16-,17?,18?,20-,22?/m0/s1. The predicted molar refractivity (Wildman–Crippen MR) is 119 cm³/mol. The summed E-state index contributed by atoms with van der Waals surface area (Å²) in [6.07, 6.45) is 24.6. The SMILES string of the molecule is CC1(C)C2=CC([C@H]3C=CC4C[C@@H](I)CCC4C3)=CCC2C2=C1C=CCC2. The van der Waals surface area contributed by atoms with Gasteiger partial charge in [0.1, 0.15) is 0 Å². The molecular formula is C25H31I. The Morgan fingerprint density at radius 1 is 1.12 bits per heavy atom. The molecule has 5 aliphatic carbocycles. The molecule has 1 saturated carbocycles. The molecule has 0 amide bonds. The van der Waals surface area contributed by atoms with Gasteiger partial charge < -0.3 is 0 Å². The van der Waals surface area contributed by atoms with Crippen molar-refractivity contribution in [1.29, 1.82) is 0 Å². The van der Waals surface area contributed by atoms with Gasteiger partial charge in [-0.05, 0) is 67.9 Å². The quantitative estimate of drug-likeness (QED) is 0.219. The molecular weight excluding hydrogens is 427 g/mol. The summed E-state index contributed by atoms with van der Waals surface area (Å²) >= 11 is 2.67. The van der Waals surface area contributed by atoms with Gasteiger partial charge in [-0.1, -0.05) is 84.0 Å². The van der Waals surface area contributed by atoms with E-state index in [1.54, 1.807) is 22.3 Å². The van der Waals surface area contributed by atoms with Crippen LogP contribution in [-0.4, -0.2) is 3.92 Å². The molecule has 0 aliphatic heterocycles. The Bertz CT molecular complexity index is 757. The maximum atomic E-state index is 2.67. The summed E-state index contributed by atoms with van der Waals surface area (Å²) in [6, 6.07) is 0. The Labute approximate surface area is 172 Å². The van der Waals surface area contributed by atoms with Crippen LogP contribution in [0, 0.1) is 29.1 Å². The summed E-state index contributed by atoms with van der Waals surface area (Å²) in [7, 11) is 0. The molecule has 0 bridgehead atoms. The van der Waals surface area contributed by atoms with Crippen LogP contribution in [0.4, 0.5) is 0 Å². The van der Waals surface area contributed by atoms with E-state index in [-0.39, 0.29) is 5.41 Å². The predicted octanol–water partition coefficient (Wildman–Crippen LogP) is 7.34. The molecule has 1 heteroatoms. The van der Waals surface area contributed by atoms with Gasteiger partial charge in [-0.2, -0.15) is 0 Å². The van der Waals surface area contributed by atoms with Gasteiger partial charge in [0.25, 0.3) is 0 Å². The number of hydrogen-bond donors (Lipinski definition) is 0. The molecule has 0 saturated heterocycles. The highest BCUT2D eigenvalue weighted by Gasteiger charge is 2.44. The summed E-state index contributed by atoms with van der Waals surface area (Å²) in [4.78, 5) is 0. The van der Waals surface area contributed by atoms with E-state index >= 15 is 0 Å². The lowest BCUT2D eigenvalue weighted by atomic mass is 9.68. The zero-order chi connectivity index (χ0) is 17.9. The Kier molecular flexibility index (Phi) is 4.38. The molecule has 1 fully saturated rings. The number of allylic oxidation sites excluding steroid dienone is 10. The van der Waals surface area contributed by atoms with E-state index in [0.29, 0.717) is 11.8 Å². The maximum Gasteiger partial charge on any atom is 0.0115 e. The van der Waals surface area contributed by atoms with E-state index in [2.05, 4.69) is 72.9 Å². The van der Waals surface area contributed by atoms with Crippen molar-refractivity contribution in [3.8, 4) is 0 Å². The summed E-state index contributed by atoms with van der Waals surface area (Å²) in [5.74, 6) is 3.15. The first kappa shape index (κ1) is 17.5. The van der Waals surface area contributed by atoms with Crippen molar-refractivity contribution in [1.82, 2.24) is 0 Å². The lowest BCUT2D eigenvalue weighted by molar-refractivity contribution is 0.250. The smallest absolute Gasteiger partial charge is 0.0115 e. The normalized spacial score (nSPS) is 40.5. The van der Waals surface area contributed by atoms with Crippen LogP contribution in [-0.2, 0) is 0 Å². The molecule has 5 aliphatic rings. The minimum atomic E-state index is 0.233. The number of hydrogen-bond acceptors (Lipinski definition) is 0. The van der Waals surface area contributed by atoms with Crippen LogP contribution < -0.4 is 0 Å². The lowest BCUT2D eigenvalue weighted by Gasteiger charge is -2.38. The molecule has 0 spiro atoms. The Morgan fingerprint density at radius 3 is 2.88 bits per heavy atom. The molecule has 0 radical (unpaired) electrons. The second kappa shape index (κ2) is 6.50. The average Bonchev–Trinajstić information content (AvgIpc) is 2.89. The first-order chi connectivity index (χ1) is 12.5. The van der Waals surface area contributed by atoms with E-state index in [4.69, 9.17) is 0 Å². The molecule has 0 heterocycles. The fourth-order valence-electron chi connectivity index (χ4n) is 6.40. The van der Waals surface area contributed by atoms with Crippen LogP contribution in [0.15, 0.2) is 58.7 Å². The fourth-order valence-corrected chi connectivity index (χ4v) is 7.35. The van der Waals surface area contributed by atoms with Crippen molar-refractivity contribution in [2.24, 2.45) is 29.1 Å². The van der Waals surface area contributed by atoms with Crippen LogP contribution in [0.3, 0.4) is 0 Å². The first-order valence-electron chi connectivity index (χ1n) is 10.7. The molecule has 0 aromatic rings. The van der Waals surface area contributed by atoms with E-state index in [1.807, 2.05) is 0 Å². The first-order valence-corrected chi connectivity index (χ1v) is 11.9. The number of alkyl halides is 1. The largest absolute Gasteiger partial charge is 0.0845 e. The monoisotopic (exact) mass is 458 g/mol. The van der Waals surface area contributed by atoms with Gasteiger partial charge in [0.15, 0.2) is 0 Å².